The molecule has 0 aliphatic carbocycles. The maximum absolute atomic E-state index is 12.5. The highest BCUT2D eigenvalue weighted by atomic mass is 16.6. The van der Waals surface area contributed by atoms with Crippen molar-refractivity contribution in [1.29, 1.82) is 0 Å². The molecule has 1 atom stereocenters. The van der Waals surface area contributed by atoms with Gasteiger partial charge in [0, 0.05) is 31.7 Å². The van der Waals surface area contributed by atoms with Crippen LogP contribution in [0.4, 0.5) is 5.69 Å². The minimum atomic E-state index is -0.510. The van der Waals surface area contributed by atoms with Crippen molar-refractivity contribution in [1.82, 2.24) is 10.2 Å². The summed E-state index contributed by atoms with van der Waals surface area (Å²) >= 11 is 0. The van der Waals surface area contributed by atoms with Crippen molar-refractivity contribution in [2.75, 3.05) is 26.7 Å². The number of ether oxygens (including phenoxy) is 1. The van der Waals surface area contributed by atoms with Crippen LogP contribution in [0.3, 0.4) is 0 Å². The number of non-ortho nitro benzene ring substituents is 1. The van der Waals surface area contributed by atoms with Gasteiger partial charge in [0.1, 0.15) is 5.75 Å². The number of benzene rings is 1. The third-order valence-corrected chi connectivity index (χ3v) is 3.39. The van der Waals surface area contributed by atoms with Gasteiger partial charge in [-0.3, -0.25) is 14.9 Å². The van der Waals surface area contributed by atoms with E-state index in [2.05, 4.69) is 5.32 Å². The lowest BCUT2D eigenvalue weighted by molar-refractivity contribution is -0.384. The van der Waals surface area contributed by atoms with Gasteiger partial charge in [0.05, 0.1) is 23.7 Å². The molecule has 0 bridgehead atoms. The van der Waals surface area contributed by atoms with E-state index in [1.165, 1.54) is 25.3 Å². The normalized spacial score (nSPS) is 18.7. The molecule has 0 saturated carbocycles. The van der Waals surface area contributed by atoms with Crippen molar-refractivity contribution in [2.45, 2.75) is 13.0 Å². The Bertz CT molecular complexity index is 532. The minimum Gasteiger partial charge on any atom is -0.496 e. The van der Waals surface area contributed by atoms with Crippen LogP contribution in [0, 0.1) is 10.1 Å². The van der Waals surface area contributed by atoms with Crippen molar-refractivity contribution in [3.8, 4) is 5.75 Å². The number of hydrogen-bond donors (Lipinski definition) is 1. The molecule has 1 unspecified atom stereocenters. The summed E-state index contributed by atoms with van der Waals surface area (Å²) in [4.78, 5) is 24.5. The average molecular weight is 279 g/mol. The predicted octanol–water partition coefficient (Wildman–Crippen LogP) is 1.04. The quantitative estimate of drug-likeness (QED) is 0.660. The van der Waals surface area contributed by atoms with Gasteiger partial charge in [0.25, 0.3) is 11.6 Å². The summed E-state index contributed by atoms with van der Waals surface area (Å²) in [6.45, 7) is 4.05. The summed E-state index contributed by atoms with van der Waals surface area (Å²) in [5.41, 5.74) is 0.263. The molecule has 7 heteroatoms. The lowest BCUT2D eigenvalue weighted by Crippen LogP contribution is -2.52. The fraction of sp³-hybridized carbons (Fsp3) is 0.462. The second-order valence-corrected chi connectivity index (χ2v) is 4.69. The van der Waals surface area contributed by atoms with E-state index in [0.29, 0.717) is 12.1 Å². The van der Waals surface area contributed by atoms with Gasteiger partial charge in [0.2, 0.25) is 0 Å². The molecule has 0 aromatic heterocycles. The number of nitrogens with zero attached hydrogens (tertiary/aromatic N) is 2. The van der Waals surface area contributed by atoms with E-state index < -0.39 is 4.92 Å². The summed E-state index contributed by atoms with van der Waals surface area (Å²) in [5.74, 6) is 0.0701. The van der Waals surface area contributed by atoms with Crippen LogP contribution < -0.4 is 10.1 Å². The molecular weight excluding hydrogens is 262 g/mol. The highest BCUT2D eigenvalue weighted by molar-refractivity contribution is 5.97. The van der Waals surface area contributed by atoms with Crippen molar-refractivity contribution in [3.05, 3.63) is 33.9 Å². The minimum absolute atomic E-state index is 0.0798. The monoisotopic (exact) mass is 279 g/mol. The summed E-state index contributed by atoms with van der Waals surface area (Å²) in [7, 11) is 1.40. The fourth-order valence-corrected chi connectivity index (χ4v) is 2.27. The van der Waals surface area contributed by atoms with E-state index in [0.717, 1.165) is 13.1 Å². The van der Waals surface area contributed by atoms with Crippen molar-refractivity contribution < 1.29 is 14.5 Å². The van der Waals surface area contributed by atoms with Crippen LogP contribution in [0.2, 0.25) is 0 Å². The number of carbonyl (C=O) groups is 1. The van der Waals surface area contributed by atoms with Gasteiger partial charge in [0.15, 0.2) is 0 Å². The highest BCUT2D eigenvalue weighted by Crippen LogP contribution is 2.26. The zero-order valence-corrected chi connectivity index (χ0v) is 11.5. The van der Waals surface area contributed by atoms with Crippen molar-refractivity contribution >= 4 is 11.6 Å². The largest absolute Gasteiger partial charge is 0.496 e. The van der Waals surface area contributed by atoms with Crippen LogP contribution in [0.15, 0.2) is 18.2 Å². The average Bonchev–Trinajstić information content (AvgIpc) is 2.46. The Morgan fingerprint density at radius 2 is 2.30 bits per heavy atom. The Morgan fingerprint density at radius 1 is 1.55 bits per heavy atom. The third kappa shape index (κ3) is 2.72. The molecule has 1 aromatic rings. The predicted molar refractivity (Wildman–Crippen MR) is 73.0 cm³/mol. The van der Waals surface area contributed by atoms with E-state index in [4.69, 9.17) is 4.74 Å². The second-order valence-electron chi connectivity index (χ2n) is 4.69. The second kappa shape index (κ2) is 5.87. The topological polar surface area (TPSA) is 84.7 Å². The van der Waals surface area contributed by atoms with E-state index in [1.807, 2.05) is 6.92 Å². The zero-order chi connectivity index (χ0) is 14.7. The molecule has 7 nitrogen and oxygen atoms in total. The molecule has 1 aliphatic rings. The Labute approximate surface area is 116 Å². The zero-order valence-electron chi connectivity index (χ0n) is 11.5. The number of amides is 1. The Balaban J connectivity index is 2.31. The van der Waals surface area contributed by atoms with Crippen LogP contribution in [0.1, 0.15) is 17.3 Å². The molecule has 1 aromatic carbocycles. The Kier molecular flexibility index (Phi) is 4.19. The van der Waals surface area contributed by atoms with Crippen LogP contribution >= 0.6 is 0 Å². The molecule has 0 spiro atoms. The number of nitro benzene ring substituents is 1. The standard InChI is InChI=1S/C13H17N3O4/c1-9-8-14-5-6-15(9)13(17)11-4-3-10(16(18)19)7-12(11)20-2/h3-4,7,9,14H,5-6,8H2,1-2H3. The number of piperazine rings is 1. The van der Waals surface area contributed by atoms with E-state index in [-0.39, 0.29) is 23.4 Å². The highest BCUT2D eigenvalue weighted by Gasteiger charge is 2.27. The molecule has 108 valence electrons. The maximum Gasteiger partial charge on any atom is 0.273 e. The SMILES string of the molecule is COc1cc([N+](=O)[O-])ccc1C(=O)N1CCNCC1C. The fourth-order valence-electron chi connectivity index (χ4n) is 2.27. The number of nitrogens with one attached hydrogen (secondary N) is 1. The molecule has 1 fully saturated rings. The number of hydrogen-bond acceptors (Lipinski definition) is 5. The lowest BCUT2D eigenvalue weighted by atomic mass is 10.1. The van der Waals surface area contributed by atoms with Crippen LogP contribution in [-0.4, -0.2) is 48.5 Å². The van der Waals surface area contributed by atoms with Gasteiger partial charge >= 0.3 is 0 Å². The molecule has 20 heavy (non-hydrogen) atoms. The third-order valence-electron chi connectivity index (χ3n) is 3.39. The van der Waals surface area contributed by atoms with Gasteiger partial charge in [-0.05, 0) is 13.0 Å². The number of carbonyl (C=O) groups excluding carboxylic acids is 1. The van der Waals surface area contributed by atoms with Gasteiger partial charge in [-0.15, -0.1) is 0 Å². The Hall–Kier alpha value is -2.15. The molecule has 1 aliphatic heterocycles. The van der Waals surface area contributed by atoms with Crippen molar-refractivity contribution in [2.24, 2.45) is 0 Å². The Morgan fingerprint density at radius 3 is 2.90 bits per heavy atom. The van der Waals surface area contributed by atoms with Crippen LogP contribution in [0.5, 0.6) is 5.75 Å². The first-order valence-electron chi connectivity index (χ1n) is 6.38. The first-order valence-corrected chi connectivity index (χ1v) is 6.38. The molecule has 1 saturated heterocycles. The van der Waals surface area contributed by atoms with Crippen LogP contribution in [-0.2, 0) is 0 Å². The molecular formula is C13H17N3O4. The molecule has 2 rings (SSSR count). The summed E-state index contributed by atoms with van der Waals surface area (Å²) in [6, 6.07) is 4.13. The van der Waals surface area contributed by atoms with Crippen LogP contribution in [0.25, 0.3) is 0 Å². The van der Waals surface area contributed by atoms with Gasteiger partial charge < -0.3 is 15.0 Å². The summed E-state index contributed by atoms with van der Waals surface area (Å²) < 4.78 is 5.12. The molecule has 0 radical (unpaired) electrons. The lowest BCUT2D eigenvalue weighted by Gasteiger charge is -2.34. The molecule has 1 heterocycles. The van der Waals surface area contributed by atoms with E-state index >= 15 is 0 Å². The number of methoxy groups -OCH3 is 1. The molecule has 1 amide bonds. The maximum atomic E-state index is 12.5. The summed E-state index contributed by atoms with van der Waals surface area (Å²) in [5, 5.41) is 14.0. The number of rotatable bonds is 3. The van der Waals surface area contributed by atoms with Gasteiger partial charge in [-0.25, -0.2) is 0 Å². The smallest absolute Gasteiger partial charge is 0.273 e. The first kappa shape index (κ1) is 14.3. The molecule has 1 N–H and O–H groups in total. The van der Waals surface area contributed by atoms with Gasteiger partial charge in [-0.1, -0.05) is 0 Å². The van der Waals surface area contributed by atoms with Gasteiger partial charge in [-0.2, -0.15) is 0 Å². The number of nitro groups is 1. The first-order chi connectivity index (χ1) is 9.54. The van der Waals surface area contributed by atoms with E-state index in [1.54, 1.807) is 4.90 Å². The summed E-state index contributed by atoms with van der Waals surface area (Å²) in [6.07, 6.45) is 0. The van der Waals surface area contributed by atoms with Crippen molar-refractivity contribution in [3.63, 3.8) is 0 Å². The van der Waals surface area contributed by atoms with E-state index in [9.17, 15) is 14.9 Å².